The van der Waals surface area contributed by atoms with Crippen molar-refractivity contribution in [2.75, 3.05) is 0 Å². The van der Waals surface area contributed by atoms with Crippen LogP contribution in [-0.2, 0) is 25.1 Å². The first kappa shape index (κ1) is 25.0. The molecule has 1 unspecified atom stereocenters. The first-order valence-corrected chi connectivity index (χ1v) is 13.0. The van der Waals surface area contributed by atoms with Gasteiger partial charge in [0.1, 0.15) is 5.25 Å². The molecule has 2 aliphatic carbocycles. The van der Waals surface area contributed by atoms with E-state index in [0.29, 0.717) is 16.7 Å². The molecule has 0 bridgehead atoms. The van der Waals surface area contributed by atoms with Crippen LogP contribution in [0.15, 0.2) is 42.0 Å². The predicted molar refractivity (Wildman–Crippen MR) is 129 cm³/mol. The molecule has 2 aliphatic rings. The maximum atomic E-state index is 13.0. The maximum absolute atomic E-state index is 13.0. The summed E-state index contributed by atoms with van der Waals surface area (Å²) in [4.78, 5) is 0. The molecule has 1 saturated carbocycles. The molecule has 184 valence electrons. The van der Waals surface area contributed by atoms with E-state index in [-0.39, 0.29) is 16.7 Å². The van der Waals surface area contributed by atoms with Gasteiger partial charge in [0.25, 0.3) is 10.1 Å². The second-order valence-electron chi connectivity index (χ2n) is 11.4. The Balaban J connectivity index is 1.92. The van der Waals surface area contributed by atoms with Crippen molar-refractivity contribution in [1.82, 2.24) is 0 Å². The number of benzene rings is 2. The SMILES string of the molecule is CC(C)(C)c1cc(-c2cccc3c2C=C(C2CC2)C3S(=O)(=O)OC(F)(F)F)cc(C(C)(C)C)c1. The number of alkyl halides is 3. The molecule has 0 amide bonds. The highest BCUT2D eigenvalue weighted by Crippen LogP contribution is 2.53. The summed E-state index contributed by atoms with van der Waals surface area (Å²) in [5, 5.41) is -1.44. The average Bonchev–Trinajstić information content (AvgIpc) is 3.43. The van der Waals surface area contributed by atoms with Crippen molar-refractivity contribution in [1.29, 1.82) is 0 Å². The Labute approximate surface area is 200 Å². The van der Waals surface area contributed by atoms with Gasteiger partial charge >= 0.3 is 6.36 Å². The third kappa shape index (κ3) is 4.96. The molecule has 2 aromatic rings. The summed E-state index contributed by atoms with van der Waals surface area (Å²) in [5.74, 6) is -0.0390. The van der Waals surface area contributed by atoms with E-state index in [2.05, 4.69) is 63.9 Å². The number of fused-ring (bicyclic) bond motifs is 1. The summed E-state index contributed by atoms with van der Waals surface area (Å²) in [6.45, 7) is 12.8. The third-order valence-corrected chi connectivity index (χ3v) is 8.08. The number of rotatable bonds is 4. The molecule has 0 spiro atoms. The van der Waals surface area contributed by atoms with E-state index < -0.39 is 21.7 Å². The van der Waals surface area contributed by atoms with Gasteiger partial charge in [0.15, 0.2) is 0 Å². The van der Waals surface area contributed by atoms with Gasteiger partial charge < -0.3 is 0 Å². The number of halogens is 3. The molecule has 2 aromatic carbocycles. The highest BCUT2D eigenvalue weighted by Gasteiger charge is 2.48. The van der Waals surface area contributed by atoms with E-state index in [1.54, 1.807) is 18.2 Å². The highest BCUT2D eigenvalue weighted by atomic mass is 32.2. The van der Waals surface area contributed by atoms with Crippen LogP contribution in [0.3, 0.4) is 0 Å². The van der Waals surface area contributed by atoms with E-state index in [1.807, 2.05) is 6.07 Å². The van der Waals surface area contributed by atoms with Crippen LogP contribution in [-0.4, -0.2) is 14.8 Å². The summed E-state index contributed by atoms with van der Waals surface area (Å²) >= 11 is 0. The Morgan fingerprint density at radius 3 is 1.91 bits per heavy atom. The van der Waals surface area contributed by atoms with E-state index in [0.717, 1.165) is 35.1 Å². The average molecular weight is 493 g/mol. The summed E-state index contributed by atoms with van der Waals surface area (Å²) in [7, 11) is -4.94. The Morgan fingerprint density at radius 2 is 1.44 bits per heavy atom. The van der Waals surface area contributed by atoms with Gasteiger partial charge in [-0.15, -0.1) is 13.2 Å². The molecular weight excluding hydrogens is 461 g/mol. The molecule has 0 heterocycles. The molecule has 0 saturated heterocycles. The molecule has 0 radical (unpaired) electrons. The summed E-state index contributed by atoms with van der Waals surface area (Å²) in [5.41, 5.74) is 5.30. The van der Waals surface area contributed by atoms with Gasteiger partial charge in [-0.1, -0.05) is 84.0 Å². The van der Waals surface area contributed by atoms with Crippen LogP contribution >= 0.6 is 0 Å². The highest BCUT2D eigenvalue weighted by molar-refractivity contribution is 7.87. The zero-order chi connectivity index (χ0) is 25.3. The normalized spacial score (nSPS) is 19.2. The lowest BCUT2D eigenvalue weighted by molar-refractivity contribution is -0.272. The molecule has 0 N–H and O–H groups in total. The summed E-state index contributed by atoms with van der Waals surface area (Å²) < 4.78 is 68.1. The fourth-order valence-corrected chi connectivity index (χ4v) is 6.02. The Kier molecular flexibility index (Phi) is 5.84. The standard InChI is InChI=1S/C27H31F3O3S/c1-25(2,3)18-12-17(13-19(14-18)26(4,5)6)20-8-7-9-21-23(20)15-22(16-10-11-16)24(21)34(31,32)33-27(28,29)30/h7-9,12-16,24H,10-11H2,1-6H3. The van der Waals surface area contributed by atoms with Gasteiger partial charge in [-0.25, -0.2) is 0 Å². The largest absolute Gasteiger partial charge is 0.537 e. The van der Waals surface area contributed by atoms with Crippen LogP contribution in [0.4, 0.5) is 13.2 Å². The molecule has 1 atom stereocenters. The lowest BCUT2D eigenvalue weighted by atomic mass is 9.78. The maximum Gasteiger partial charge on any atom is 0.537 e. The van der Waals surface area contributed by atoms with Gasteiger partial charge in [0.05, 0.1) is 0 Å². The lowest BCUT2D eigenvalue weighted by Gasteiger charge is -2.26. The van der Waals surface area contributed by atoms with Crippen molar-refractivity contribution in [3.05, 3.63) is 64.2 Å². The zero-order valence-corrected chi connectivity index (χ0v) is 21.2. The van der Waals surface area contributed by atoms with Gasteiger partial charge in [0, 0.05) is 0 Å². The first-order chi connectivity index (χ1) is 15.5. The van der Waals surface area contributed by atoms with Crippen molar-refractivity contribution in [2.24, 2.45) is 5.92 Å². The van der Waals surface area contributed by atoms with Gasteiger partial charge in [-0.3, -0.25) is 0 Å². The van der Waals surface area contributed by atoms with Crippen LogP contribution in [0.5, 0.6) is 0 Å². The fourth-order valence-electron chi connectivity index (χ4n) is 4.55. The molecular formula is C27H31F3O3S. The van der Waals surface area contributed by atoms with Crippen molar-refractivity contribution in [3.63, 3.8) is 0 Å². The number of hydrogen-bond acceptors (Lipinski definition) is 3. The lowest BCUT2D eigenvalue weighted by Crippen LogP contribution is -2.25. The molecule has 3 nitrogen and oxygen atoms in total. The molecule has 34 heavy (non-hydrogen) atoms. The summed E-state index contributed by atoms with van der Waals surface area (Å²) in [6, 6.07) is 11.6. The van der Waals surface area contributed by atoms with Crippen LogP contribution in [0, 0.1) is 5.92 Å². The second kappa shape index (κ2) is 7.95. The van der Waals surface area contributed by atoms with Crippen LogP contribution in [0.25, 0.3) is 17.2 Å². The Bertz CT molecular complexity index is 1220. The summed E-state index contributed by atoms with van der Waals surface area (Å²) in [6.07, 6.45) is -1.96. The third-order valence-electron chi connectivity index (χ3n) is 6.56. The minimum atomic E-state index is -5.27. The predicted octanol–water partition coefficient (Wildman–Crippen LogP) is 7.66. The van der Waals surface area contributed by atoms with Gasteiger partial charge in [-0.2, -0.15) is 12.6 Å². The quantitative estimate of drug-likeness (QED) is 0.412. The van der Waals surface area contributed by atoms with Crippen molar-refractivity contribution in [3.8, 4) is 11.1 Å². The first-order valence-electron chi connectivity index (χ1n) is 11.5. The molecule has 0 aromatic heterocycles. The van der Waals surface area contributed by atoms with Gasteiger partial charge in [0.2, 0.25) is 0 Å². The molecule has 7 heteroatoms. The minimum absolute atomic E-state index is 0.0390. The Hall–Kier alpha value is -2.12. The minimum Gasteiger partial charge on any atom is -0.198 e. The zero-order valence-electron chi connectivity index (χ0n) is 20.4. The molecule has 0 aliphatic heterocycles. The van der Waals surface area contributed by atoms with E-state index in [4.69, 9.17) is 0 Å². The topological polar surface area (TPSA) is 43.4 Å². The van der Waals surface area contributed by atoms with E-state index in [1.165, 1.54) is 0 Å². The van der Waals surface area contributed by atoms with Crippen LogP contribution < -0.4 is 0 Å². The molecule has 4 rings (SSSR count). The van der Waals surface area contributed by atoms with E-state index >= 15 is 0 Å². The van der Waals surface area contributed by atoms with Crippen molar-refractivity contribution >= 4 is 16.2 Å². The van der Waals surface area contributed by atoms with Gasteiger partial charge in [-0.05, 0) is 68.5 Å². The van der Waals surface area contributed by atoms with E-state index in [9.17, 15) is 21.6 Å². The Morgan fingerprint density at radius 1 is 0.882 bits per heavy atom. The molecule has 1 fully saturated rings. The number of hydrogen-bond donors (Lipinski definition) is 0. The van der Waals surface area contributed by atoms with Crippen molar-refractivity contribution in [2.45, 2.75) is 76.8 Å². The van der Waals surface area contributed by atoms with Crippen molar-refractivity contribution < 1.29 is 25.8 Å². The monoisotopic (exact) mass is 492 g/mol. The fraction of sp³-hybridized carbons (Fsp3) is 0.481. The second-order valence-corrected chi connectivity index (χ2v) is 13.1. The van der Waals surface area contributed by atoms with Crippen LogP contribution in [0.1, 0.15) is 81.9 Å². The smallest absolute Gasteiger partial charge is 0.198 e. The van der Waals surface area contributed by atoms with Crippen LogP contribution in [0.2, 0.25) is 0 Å².